The Morgan fingerprint density at radius 2 is 1.71 bits per heavy atom. The summed E-state index contributed by atoms with van der Waals surface area (Å²) < 4.78 is 10.3. The Morgan fingerprint density at radius 3 is 2.29 bits per heavy atom. The highest BCUT2D eigenvalue weighted by Crippen LogP contribution is 2.24. The lowest BCUT2D eigenvalue weighted by molar-refractivity contribution is 0.0733. The number of methoxy groups -OCH3 is 1. The lowest BCUT2D eigenvalue weighted by atomic mass is 10.1. The van der Waals surface area contributed by atoms with Crippen molar-refractivity contribution in [2.75, 3.05) is 7.11 Å². The minimum atomic E-state index is -0.553. The molecule has 2 aromatic rings. The summed E-state index contributed by atoms with van der Waals surface area (Å²) >= 11 is 5.84. The van der Waals surface area contributed by atoms with Crippen LogP contribution in [0.4, 0.5) is 0 Å². The third-order valence-corrected chi connectivity index (χ3v) is 3.08. The first kappa shape index (κ1) is 15.1. The molecule has 0 aliphatic heterocycles. The summed E-state index contributed by atoms with van der Waals surface area (Å²) in [7, 11) is 1.54. The molecule has 0 atom stereocenters. The van der Waals surface area contributed by atoms with Crippen molar-refractivity contribution < 1.29 is 19.1 Å². The van der Waals surface area contributed by atoms with Gasteiger partial charge in [0.25, 0.3) is 0 Å². The van der Waals surface area contributed by atoms with Crippen LogP contribution in [0.5, 0.6) is 11.5 Å². The molecule has 0 saturated heterocycles. The highest BCUT2D eigenvalue weighted by molar-refractivity contribution is 6.31. The van der Waals surface area contributed by atoms with Gasteiger partial charge < -0.3 is 9.47 Å². The Hall–Kier alpha value is -2.33. The van der Waals surface area contributed by atoms with Crippen LogP contribution < -0.4 is 9.47 Å². The number of halogens is 1. The van der Waals surface area contributed by atoms with Gasteiger partial charge in [0.05, 0.1) is 18.2 Å². The Morgan fingerprint density at radius 1 is 1.05 bits per heavy atom. The van der Waals surface area contributed by atoms with Crippen LogP contribution in [-0.2, 0) is 0 Å². The molecule has 4 nitrogen and oxygen atoms in total. The fourth-order valence-corrected chi connectivity index (χ4v) is 1.92. The highest BCUT2D eigenvalue weighted by atomic mass is 35.5. The molecule has 0 fully saturated rings. The van der Waals surface area contributed by atoms with Gasteiger partial charge in [-0.1, -0.05) is 11.6 Å². The summed E-state index contributed by atoms with van der Waals surface area (Å²) in [4.78, 5) is 23.6. The van der Waals surface area contributed by atoms with E-state index in [1.165, 1.54) is 19.1 Å². The molecule has 0 spiro atoms. The molecular formula is C16H13ClO4. The van der Waals surface area contributed by atoms with Crippen molar-refractivity contribution in [1.82, 2.24) is 0 Å². The van der Waals surface area contributed by atoms with E-state index in [-0.39, 0.29) is 17.1 Å². The number of Topliss-reactive ketones (excluding diaryl/α,β-unsaturated/α-hetero) is 1. The maximum Gasteiger partial charge on any atom is 0.343 e. The van der Waals surface area contributed by atoms with Gasteiger partial charge in [-0.05, 0) is 49.4 Å². The van der Waals surface area contributed by atoms with Crippen LogP contribution in [-0.4, -0.2) is 18.9 Å². The zero-order chi connectivity index (χ0) is 15.4. The third-order valence-electron chi connectivity index (χ3n) is 2.85. The number of carbonyl (C=O) groups excluding carboxylic acids is 2. The zero-order valence-corrected chi connectivity index (χ0v) is 12.3. The van der Waals surface area contributed by atoms with Gasteiger partial charge >= 0.3 is 5.97 Å². The van der Waals surface area contributed by atoms with Crippen molar-refractivity contribution >= 4 is 23.4 Å². The van der Waals surface area contributed by atoms with Gasteiger partial charge in [0.1, 0.15) is 11.5 Å². The predicted octanol–water partition coefficient (Wildman–Crippen LogP) is 3.77. The lowest BCUT2D eigenvalue weighted by Crippen LogP contribution is -2.10. The van der Waals surface area contributed by atoms with Crippen molar-refractivity contribution in [2.24, 2.45) is 0 Å². The molecule has 0 aromatic heterocycles. The largest absolute Gasteiger partial charge is 0.497 e. The standard InChI is InChI=1S/C16H13ClO4/c1-10(18)14-9-12(17)5-8-15(14)21-16(19)11-3-6-13(20-2)7-4-11/h3-9H,1-2H3. The van der Waals surface area contributed by atoms with E-state index >= 15 is 0 Å². The van der Waals surface area contributed by atoms with Crippen LogP contribution >= 0.6 is 11.6 Å². The summed E-state index contributed by atoms with van der Waals surface area (Å²) in [6.45, 7) is 1.39. The number of rotatable bonds is 4. The monoisotopic (exact) mass is 304 g/mol. The molecule has 2 rings (SSSR count). The van der Waals surface area contributed by atoms with Crippen LogP contribution in [0, 0.1) is 0 Å². The minimum Gasteiger partial charge on any atom is -0.497 e. The molecule has 0 amide bonds. The number of carbonyl (C=O) groups is 2. The Balaban J connectivity index is 2.24. The maximum atomic E-state index is 12.1. The van der Waals surface area contributed by atoms with E-state index in [1.807, 2.05) is 0 Å². The van der Waals surface area contributed by atoms with Gasteiger partial charge in [-0.2, -0.15) is 0 Å². The van der Waals surface area contributed by atoms with Crippen LogP contribution in [0.25, 0.3) is 0 Å². The molecule has 0 unspecified atom stereocenters. The fraction of sp³-hybridized carbons (Fsp3) is 0.125. The first-order valence-electron chi connectivity index (χ1n) is 6.18. The lowest BCUT2D eigenvalue weighted by Gasteiger charge is -2.09. The highest BCUT2D eigenvalue weighted by Gasteiger charge is 2.14. The smallest absolute Gasteiger partial charge is 0.343 e. The van der Waals surface area contributed by atoms with E-state index in [1.54, 1.807) is 37.4 Å². The van der Waals surface area contributed by atoms with E-state index in [0.29, 0.717) is 16.3 Å². The zero-order valence-electron chi connectivity index (χ0n) is 11.6. The number of esters is 1. The van der Waals surface area contributed by atoms with Crippen molar-refractivity contribution in [3.8, 4) is 11.5 Å². The van der Waals surface area contributed by atoms with Gasteiger partial charge in [0, 0.05) is 5.02 Å². The van der Waals surface area contributed by atoms with Crippen LogP contribution in [0.1, 0.15) is 27.6 Å². The molecule has 0 aliphatic rings. The number of ether oxygens (including phenoxy) is 2. The van der Waals surface area contributed by atoms with Crippen molar-refractivity contribution in [3.63, 3.8) is 0 Å². The Bertz CT molecular complexity index is 677. The van der Waals surface area contributed by atoms with Gasteiger partial charge in [-0.3, -0.25) is 4.79 Å². The molecule has 0 N–H and O–H groups in total. The van der Waals surface area contributed by atoms with Crippen molar-refractivity contribution in [3.05, 3.63) is 58.6 Å². The average molecular weight is 305 g/mol. The number of hydrogen-bond donors (Lipinski definition) is 0. The molecule has 21 heavy (non-hydrogen) atoms. The summed E-state index contributed by atoms with van der Waals surface area (Å²) in [5.74, 6) is 0.0488. The van der Waals surface area contributed by atoms with Gasteiger partial charge in [-0.15, -0.1) is 0 Å². The molecule has 0 bridgehead atoms. The Labute approximate surface area is 127 Å². The van der Waals surface area contributed by atoms with E-state index < -0.39 is 5.97 Å². The normalized spacial score (nSPS) is 10.0. The number of hydrogen-bond acceptors (Lipinski definition) is 4. The Kier molecular flexibility index (Phi) is 4.60. The second-order valence-corrected chi connectivity index (χ2v) is 4.75. The first-order chi connectivity index (χ1) is 10.0. The summed E-state index contributed by atoms with van der Waals surface area (Å²) in [5.41, 5.74) is 0.629. The van der Waals surface area contributed by atoms with Gasteiger partial charge in [0.15, 0.2) is 5.78 Å². The minimum absolute atomic E-state index is 0.188. The van der Waals surface area contributed by atoms with Gasteiger partial charge in [-0.25, -0.2) is 4.79 Å². The van der Waals surface area contributed by atoms with Crippen LogP contribution in [0.2, 0.25) is 5.02 Å². The molecule has 0 aliphatic carbocycles. The van der Waals surface area contributed by atoms with Crippen LogP contribution in [0.15, 0.2) is 42.5 Å². The van der Waals surface area contributed by atoms with Crippen LogP contribution in [0.3, 0.4) is 0 Å². The molecule has 2 aromatic carbocycles. The summed E-state index contributed by atoms with van der Waals surface area (Å²) in [6.07, 6.45) is 0. The second kappa shape index (κ2) is 6.41. The van der Waals surface area contributed by atoms with E-state index in [9.17, 15) is 9.59 Å². The quantitative estimate of drug-likeness (QED) is 0.490. The van der Waals surface area contributed by atoms with Crippen molar-refractivity contribution in [2.45, 2.75) is 6.92 Å². The predicted molar refractivity (Wildman–Crippen MR) is 79.4 cm³/mol. The molecule has 108 valence electrons. The molecular weight excluding hydrogens is 292 g/mol. The topological polar surface area (TPSA) is 52.6 Å². The fourth-order valence-electron chi connectivity index (χ4n) is 1.75. The second-order valence-electron chi connectivity index (χ2n) is 4.31. The molecule has 0 radical (unpaired) electrons. The molecule has 0 saturated carbocycles. The number of benzene rings is 2. The summed E-state index contributed by atoms with van der Waals surface area (Å²) in [6, 6.07) is 11.0. The van der Waals surface area contributed by atoms with E-state index in [0.717, 1.165) is 0 Å². The summed E-state index contributed by atoms with van der Waals surface area (Å²) in [5, 5.41) is 0.407. The van der Waals surface area contributed by atoms with E-state index in [2.05, 4.69) is 0 Å². The SMILES string of the molecule is COc1ccc(C(=O)Oc2ccc(Cl)cc2C(C)=O)cc1. The molecule has 0 heterocycles. The first-order valence-corrected chi connectivity index (χ1v) is 6.56. The van der Waals surface area contributed by atoms with Gasteiger partial charge in [0.2, 0.25) is 0 Å². The van der Waals surface area contributed by atoms with Crippen molar-refractivity contribution in [1.29, 1.82) is 0 Å². The average Bonchev–Trinajstić information content (AvgIpc) is 2.49. The molecule has 5 heteroatoms. The third kappa shape index (κ3) is 3.61. The maximum absolute atomic E-state index is 12.1. The van der Waals surface area contributed by atoms with E-state index in [4.69, 9.17) is 21.1 Å². The number of ketones is 1.